The van der Waals surface area contributed by atoms with Crippen LogP contribution in [0, 0.1) is 6.92 Å². The summed E-state index contributed by atoms with van der Waals surface area (Å²) in [6, 6.07) is 5.64. The van der Waals surface area contributed by atoms with Crippen molar-refractivity contribution in [1.82, 2.24) is 10.6 Å². The number of nitrogens with one attached hydrogen (secondary N) is 3. The van der Waals surface area contributed by atoms with Crippen molar-refractivity contribution >= 4 is 29.6 Å². The van der Waals surface area contributed by atoms with Gasteiger partial charge in [-0.15, -0.1) is 0 Å². The van der Waals surface area contributed by atoms with Gasteiger partial charge >= 0.3 is 18.0 Å². The number of carbonyl (C=O) groups is 3. The molecule has 0 atom stereocenters. The van der Waals surface area contributed by atoms with Gasteiger partial charge in [-0.1, -0.05) is 25.1 Å². The zero-order valence-electron chi connectivity index (χ0n) is 14.6. The van der Waals surface area contributed by atoms with Gasteiger partial charge in [-0.3, -0.25) is 0 Å². The van der Waals surface area contributed by atoms with Gasteiger partial charge in [-0.2, -0.15) is 4.99 Å². The van der Waals surface area contributed by atoms with Crippen molar-refractivity contribution < 1.29 is 24.6 Å². The number of carboxylic acid groups (broad SMARTS) is 2. The molecule has 0 aromatic heterocycles. The Morgan fingerprint density at radius 3 is 2.23 bits per heavy atom. The van der Waals surface area contributed by atoms with Crippen molar-refractivity contribution in [3.05, 3.63) is 41.5 Å². The van der Waals surface area contributed by atoms with Crippen molar-refractivity contribution in [3.63, 3.8) is 0 Å². The van der Waals surface area contributed by atoms with Crippen molar-refractivity contribution in [2.24, 2.45) is 4.99 Å². The molecule has 1 aliphatic rings. The molecule has 1 fully saturated rings. The van der Waals surface area contributed by atoms with E-state index in [0.717, 1.165) is 36.3 Å². The van der Waals surface area contributed by atoms with Gasteiger partial charge in [-0.05, 0) is 24.5 Å². The summed E-state index contributed by atoms with van der Waals surface area (Å²) in [5.74, 6) is -1.97. The number of carboxylic acids is 2. The third kappa shape index (κ3) is 7.47. The third-order valence-electron chi connectivity index (χ3n) is 3.26. The average Bonchev–Trinajstić information content (AvgIpc) is 3.08. The van der Waals surface area contributed by atoms with E-state index < -0.39 is 11.9 Å². The van der Waals surface area contributed by atoms with Crippen LogP contribution in [0.25, 0.3) is 0 Å². The number of nitrogens with zero attached hydrogens (tertiary/aromatic N) is 1. The number of rotatable bonds is 4. The molecule has 9 nitrogen and oxygen atoms in total. The summed E-state index contributed by atoms with van der Waals surface area (Å²) < 4.78 is 0. The lowest BCUT2D eigenvalue weighted by atomic mass is 10.1. The zero-order chi connectivity index (χ0) is 19.5. The fourth-order valence-corrected chi connectivity index (χ4v) is 2.08. The van der Waals surface area contributed by atoms with Crippen LogP contribution in [0.4, 0.5) is 10.5 Å². The second-order valence-electron chi connectivity index (χ2n) is 5.22. The van der Waals surface area contributed by atoms with Gasteiger partial charge in [0.05, 0.1) is 0 Å². The Hall–Kier alpha value is -3.36. The van der Waals surface area contributed by atoms with Crippen LogP contribution in [-0.4, -0.2) is 47.2 Å². The Morgan fingerprint density at radius 1 is 1.15 bits per heavy atom. The van der Waals surface area contributed by atoms with Crippen LogP contribution < -0.4 is 16.0 Å². The maximum absolute atomic E-state index is 11.8. The number of urea groups is 1. The number of hydrogen-bond acceptors (Lipinski definition) is 3. The van der Waals surface area contributed by atoms with Crippen molar-refractivity contribution in [2.45, 2.75) is 20.3 Å². The van der Waals surface area contributed by atoms with Gasteiger partial charge in [0.15, 0.2) is 0 Å². The molecule has 2 amide bonds. The molecule has 1 saturated heterocycles. The Kier molecular flexibility index (Phi) is 8.35. The van der Waals surface area contributed by atoms with Gasteiger partial charge in [0.25, 0.3) is 0 Å². The molecule has 9 heteroatoms. The lowest BCUT2D eigenvalue weighted by molar-refractivity contribution is -0.134. The van der Waals surface area contributed by atoms with Gasteiger partial charge in [0, 0.05) is 30.9 Å². The van der Waals surface area contributed by atoms with Crippen molar-refractivity contribution in [1.29, 1.82) is 0 Å². The first kappa shape index (κ1) is 20.7. The lowest BCUT2D eigenvalue weighted by Crippen LogP contribution is -2.26. The third-order valence-corrected chi connectivity index (χ3v) is 3.26. The Bertz CT molecular complexity index is 704. The van der Waals surface area contributed by atoms with Crippen LogP contribution in [-0.2, 0) is 16.0 Å². The van der Waals surface area contributed by atoms with E-state index in [-0.39, 0.29) is 6.03 Å². The monoisotopic (exact) mass is 362 g/mol. The summed E-state index contributed by atoms with van der Waals surface area (Å²) >= 11 is 0. The number of benzene rings is 1. The van der Waals surface area contributed by atoms with Gasteiger partial charge < -0.3 is 26.2 Å². The Labute approximate surface area is 150 Å². The minimum atomic E-state index is -1.26. The second kappa shape index (κ2) is 10.5. The minimum absolute atomic E-state index is 0.351. The summed E-state index contributed by atoms with van der Waals surface area (Å²) in [5, 5.41) is 24.5. The highest BCUT2D eigenvalue weighted by Crippen LogP contribution is 2.21. The Morgan fingerprint density at radius 2 is 1.73 bits per heavy atom. The predicted molar refractivity (Wildman–Crippen MR) is 97.4 cm³/mol. The number of aryl methyl sites for hydroxylation is 2. The molecule has 0 spiro atoms. The second-order valence-corrected chi connectivity index (χ2v) is 5.22. The van der Waals surface area contributed by atoms with Gasteiger partial charge in [-0.25, -0.2) is 14.4 Å². The SMILES string of the molecule is CCc1cccc(C)c1NC(=O)N=C1NCCN1.O=C(O)C=CC(=O)O. The van der Waals surface area contributed by atoms with Crippen molar-refractivity contribution in [3.8, 4) is 0 Å². The normalized spacial score (nSPS) is 12.5. The van der Waals surface area contributed by atoms with E-state index in [1.54, 1.807) is 0 Å². The first-order valence-electron chi connectivity index (χ1n) is 7.93. The highest BCUT2D eigenvalue weighted by molar-refractivity contribution is 6.00. The molecule has 0 aliphatic carbocycles. The van der Waals surface area contributed by atoms with Crippen LogP contribution in [0.15, 0.2) is 35.3 Å². The quantitative estimate of drug-likeness (QED) is 0.509. The number of hydrogen-bond donors (Lipinski definition) is 5. The topological polar surface area (TPSA) is 140 Å². The van der Waals surface area contributed by atoms with Crippen LogP contribution in [0.3, 0.4) is 0 Å². The number of para-hydroxylation sites is 1. The molecule has 1 aromatic carbocycles. The molecule has 5 N–H and O–H groups in total. The van der Waals surface area contributed by atoms with E-state index in [1.165, 1.54) is 0 Å². The van der Waals surface area contributed by atoms with E-state index in [1.807, 2.05) is 25.1 Å². The number of aliphatic carboxylic acids is 2. The molecule has 0 saturated carbocycles. The van der Waals surface area contributed by atoms with Gasteiger partial charge in [0.2, 0.25) is 5.96 Å². The maximum Gasteiger partial charge on any atom is 0.348 e. The van der Waals surface area contributed by atoms with E-state index in [9.17, 15) is 14.4 Å². The number of aliphatic imine (C=N–C) groups is 1. The lowest BCUT2D eigenvalue weighted by Gasteiger charge is -2.11. The molecule has 0 bridgehead atoms. The zero-order valence-corrected chi connectivity index (χ0v) is 14.6. The van der Waals surface area contributed by atoms with Crippen molar-refractivity contribution in [2.75, 3.05) is 18.4 Å². The van der Waals surface area contributed by atoms with Crippen LogP contribution in [0.2, 0.25) is 0 Å². The molecule has 140 valence electrons. The van der Waals surface area contributed by atoms with Crippen LogP contribution >= 0.6 is 0 Å². The minimum Gasteiger partial charge on any atom is -0.478 e. The number of guanidine groups is 1. The summed E-state index contributed by atoms with van der Waals surface area (Å²) in [7, 11) is 0. The molecule has 1 aliphatic heterocycles. The molecular weight excluding hydrogens is 340 g/mol. The van der Waals surface area contributed by atoms with Gasteiger partial charge in [0.1, 0.15) is 0 Å². The van der Waals surface area contributed by atoms with E-state index in [0.29, 0.717) is 18.1 Å². The largest absolute Gasteiger partial charge is 0.478 e. The summed E-state index contributed by atoms with van der Waals surface area (Å²) in [4.78, 5) is 34.8. The highest BCUT2D eigenvalue weighted by Gasteiger charge is 2.11. The van der Waals surface area contributed by atoms with E-state index >= 15 is 0 Å². The summed E-state index contributed by atoms with van der Waals surface area (Å²) in [6.07, 6.45) is 2.00. The first-order valence-corrected chi connectivity index (χ1v) is 7.93. The fourth-order valence-electron chi connectivity index (χ4n) is 2.08. The smallest absolute Gasteiger partial charge is 0.348 e. The number of carbonyl (C=O) groups excluding carboxylic acids is 1. The fraction of sp³-hybridized carbons (Fsp3) is 0.294. The van der Waals surface area contributed by atoms with E-state index in [2.05, 4.69) is 27.9 Å². The number of amides is 2. The average molecular weight is 362 g/mol. The number of anilines is 1. The molecular formula is C17H22N4O5. The van der Waals surface area contributed by atoms with Crippen LogP contribution in [0.5, 0.6) is 0 Å². The first-order chi connectivity index (χ1) is 12.3. The molecule has 26 heavy (non-hydrogen) atoms. The maximum atomic E-state index is 11.8. The molecule has 2 rings (SSSR count). The molecule has 0 unspecified atom stereocenters. The van der Waals surface area contributed by atoms with E-state index in [4.69, 9.17) is 10.2 Å². The highest BCUT2D eigenvalue weighted by atomic mass is 16.4. The summed E-state index contributed by atoms with van der Waals surface area (Å²) in [6.45, 7) is 5.65. The Balaban J connectivity index is 0.000000359. The van der Waals surface area contributed by atoms with Crippen LogP contribution in [0.1, 0.15) is 18.1 Å². The molecule has 0 radical (unpaired) electrons. The molecule has 1 heterocycles. The predicted octanol–water partition coefficient (Wildman–Crippen LogP) is 1.35. The molecule has 1 aromatic rings. The summed E-state index contributed by atoms with van der Waals surface area (Å²) in [5.41, 5.74) is 3.04. The standard InChI is InChI=1S/C13H18N4O.C4H4O4/c1-3-10-6-4-5-9(2)11(10)16-13(18)17-12-14-7-8-15-12;5-3(6)1-2-4(7)8/h4-6H,3,7-8H2,1-2H3,(H3,14,15,16,17,18);1-2H,(H,5,6)(H,7,8).